The van der Waals surface area contributed by atoms with Gasteiger partial charge in [0.05, 0.1) is 5.69 Å². The van der Waals surface area contributed by atoms with E-state index in [0.29, 0.717) is 27.1 Å². The Bertz CT molecular complexity index is 874. The molecular formula is C17H13Cl2N3O. The SMILES string of the molecule is Cc1ccc(Cl)cc1NC(=O)c1cc(-c2cccc(Cl)c2)n[nH]1. The van der Waals surface area contributed by atoms with Crippen molar-refractivity contribution in [3.8, 4) is 11.3 Å². The molecule has 0 aliphatic heterocycles. The molecule has 0 aliphatic rings. The fourth-order valence-electron chi connectivity index (χ4n) is 2.15. The summed E-state index contributed by atoms with van der Waals surface area (Å²) in [6.07, 6.45) is 0. The topological polar surface area (TPSA) is 57.8 Å². The number of aryl methyl sites for hydroxylation is 1. The van der Waals surface area contributed by atoms with Crippen LogP contribution in [0.15, 0.2) is 48.5 Å². The van der Waals surface area contributed by atoms with Crippen molar-refractivity contribution >= 4 is 34.8 Å². The van der Waals surface area contributed by atoms with Crippen LogP contribution in [0.1, 0.15) is 16.1 Å². The van der Waals surface area contributed by atoms with Crippen LogP contribution in [-0.2, 0) is 0 Å². The van der Waals surface area contributed by atoms with E-state index in [1.807, 2.05) is 25.1 Å². The maximum absolute atomic E-state index is 12.3. The summed E-state index contributed by atoms with van der Waals surface area (Å²) in [5.74, 6) is -0.281. The van der Waals surface area contributed by atoms with E-state index in [-0.39, 0.29) is 5.91 Å². The molecule has 6 heteroatoms. The summed E-state index contributed by atoms with van der Waals surface area (Å²) in [4.78, 5) is 12.3. The zero-order chi connectivity index (χ0) is 16.4. The molecule has 3 aromatic rings. The van der Waals surface area contributed by atoms with E-state index in [4.69, 9.17) is 23.2 Å². The van der Waals surface area contributed by atoms with Gasteiger partial charge in [-0.3, -0.25) is 9.89 Å². The van der Waals surface area contributed by atoms with Crippen LogP contribution in [0.25, 0.3) is 11.3 Å². The van der Waals surface area contributed by atoms with Crippen molar-refractivity contribution in [1.29, 1.82) is 0 Å². The summed E-state index contributed by atoms with van der Waals surface area (Å²) in [6.45, 7) is 1.90. The molecule has 116 valence electrons. The molecule has 2 aromatic carbocycles. The average molecular weight is 346 g/mol. The Kier molecular flexibility index (Phi) is 4.37. The Labute approximate surface area is 143 Å². The summed E-state index contributed by atoms with van der Waals surface area (Å²) in [6, 6.07) is 14.3. The van der Waals surface area contributed by atoms with Gasteiger partial charge in [0, 0.05) is 21.3 Å². The molecule has 0 atom stereocenters. The maximum atomic E-state index is 12.3. The number of halogens is 2. The molecule has 0 spiro atoms. The molecular weight excluding hydrogens is 333 g/mol. The predicted molar refractivity (Wildman–Crippen MR) is 93.2 cm³/mol. The Morgan fingerprint density at radius 1 is 1.09 bits per heavy atom. The summed E-state index contributed by atoms with van der Waals surface area (Å²) in [7, 11) is 0. The number of nitrogens with one attached hydrogen (secondary N) is 2. The first-order chi connectivity index (χ1) is 11.0. The van der Waals surface area contributed by atoms with Gasteiger partial charge in [-0.2, -0.15) is 5.10 Å². The normalized spacial score (nSPS) is 10.6. The first kappa shape index (κ1) is 15.6. The summed E-state index contributed by atoms with van der Waals surface area (Å²) in [5, 5.41) is 10.9. The molecule has 0 radical (unpaired) electrons. The largest absolute Gasteiger partial charge is 0.320 e. The van der Waals surface area contributed by atoms with Gasteiger partial charge in [0.25, 0.3) is 5.91 Å². The van der Waals surface area contributed by atoms with Gasteiger partial charge >= 0.3 is 0 Å². The highest BCUT2D eigenvalue weighted by molar-refractivity contribution is 6.31. The monoisotopic (exact) mass is 345 g/mol. The lowest BCUT2D eigenvalue weighted by Crippen LogP contribution is -2.13. The highest BCUT2D eigenvalue weighted by atomic mass is 35.5. The number of nitrogens with zero attached hydrogens (tertiary/aromatic N) is 1. The predicted octanol–water partition coefficient (Wildman–Crippen LogP) is 4.94. The minimum absolute atomic E-state index is 0.281. The Morgan fingerprint density at radius 3 is 2.65 bits per heavy atom. The quantitative estimate of drug-likeness (QED) is 0.705. The second kappa shape index (κ2) is 6.44. The number of H-pyrrole nitrogens is 1. The molecule has 4 nitrogen and oxygen atoms in total. The van der Waals surface area contributed by atoms with Crippen molar-refractivity contribution < 1.29 is 4.79 Å². The van der Waals surface area contributed by atoms with Crippen LogP contribution < -0.4 is 5.32 Å². The molecule has 0 bridgehead atoms. The second-order valence-corrected chi connectivity index (χ2v) is 5.96. The Hall–Kier alpha value is -2.30. The lowest BCUT2D eigenvalue weighted by atomic mass is 10.1. The standard InChI is InChI=1S/C17H13Cl2N3O/c1-10-5-6-13(19)8-14(10)20-17(23)16-9-15(21-22-16)11-3-2-4-12(18)7-11/h2-9H,1H3,(H,20,23)(H,21,22). The number of hydrogen-bond acceptors (Lipinski definition) is 2. The molecule has 0 aliphatic carbocycles. The van der Waals surface area contributed by atoms with Gasteiger partial charge in [0.2, 0.25) is 0 Å². The number of carbonyl (C=O) groups excluding carboxylic acids is 1. The first-order valence-electron chi connectivity index (χ1n) is 6.92. The minimum atomic E-state index is -0.281. The maximum Gasteiger partial charge on any atom is 0.273 e. The van der Waals surface area contributed by atoms with E-state index in [2.05, 4.69) is 15.5 Å². The van der Waals surface area contributed by atoms with E-state index < -0.39 is 0 Å². The zero-order valence-electron chi connectivity index (χ0n) is 12.2. The number of aromatic nitrogens is 2. The highest BCUT2D eigenvalue weighted by Gasteiger charge is 2.12. The number of benzene rings is 2. The fourth-order valence-corrected chi connectivity index (χ4v) is 2.51. The molecule has 0 fully saturated rings. The number of carbonyl (C=O) groups is 1. The summed E-state index contributed by atoms with van der Waals surface area (Å²) in [5.41, 5.74) is 3.45. The molecule has 0 saturated heterocycles. The molecule has 0 saturated carbocycles. The van der Waals surface area contributed by atoms with Gasteiger partial charge < -0.3 is 5.32 Å². The van der Waals surface area contributed by atoms with Crippen LogP contribution in [0, 0.1) is 6.92 Å². The highest BCUT2D eigenvalue weighted by Crippen LogP contribution is 2.23. The molecule has 1 aromatic heterocycles. The van der Waals surface area contributed by atoms with Gasteiger partial charge in [-0.1, -0.05) is 41.4 Å². The van der Waals surface area contributed by atoms with Crippen LogP contribution in [-0.4, -0.2) is 16.1 Å². The molecule has 3 rings (SSSR count). The van der Waals surface area contributed by atoms with Crippen molar-refractivity contribution in [2.45, 2.75) is 6.92 Å². The van der Waals surface area contributed by atoms with Crippen molar-refractivity contribution in [1.82, 2.24) is 10.2 Å². The third-order valence-electron chi connectivity index (χ3n) is 3.39. The van der Waals surface area contributed by atoms with Gasteiger partial charge in [-0.05, 0) is 42.8 Å². The molecule has 0 unspecified atom stereocenters. The number of anilines is 1. The van der Waals surface area contributed by atoms with Crippen LogP contribution >= 0.6 is 23.2 Å². The van der Waals surface area contributed by atoms with E-state index in [9.17, 15) is 4.79 Å². The summed E-state index contributed by atoms with van der Waals surface area (Å²) < 4.78 is 0. The van der Waals surface area contributed by atoms with Crippen LogP contribution in [0.2, 0.25) is 10.0 Å². The van der Waals surface area contributed by atoms with Crippen molar-refractivity contribution in [3.63, 3.8) is 0 Å². The second-order valence-electron chi connectivity index (χ2n) is 5.09. The van der Waals surface area contributed by atoms with E-state index in [1.165, 1.54) is 0 Å². The number of hydrogen-bond donors (Lipinski definition) is 2. The van der Waals surface area contributed by atoms with E-state index in [1.54, 1.807) is 30.3 Å². The van der Waals surface area contributed by atoms with Crippen LogP contribution in [0.5, 0.6) is 0 Å². The lowest BCUT2D eigenvalue weighted by molar-refractivity contribution is 0.102. The van der Waals surface area contributed by atoms with Crippen molar-refractivity contribution in [3.05, 3.63) is 69.8 Å². The van der Waals surface area contributed by atoms with E-state index >= 15 is 0 Å². The number of aromatic amines is 1. The molecule has 1 amide bonds. The van der Waals surface area contributed by atoms with Crippen molar-refractivity contribution in [2.75, 3.05) is 5.32 Å². The third kappa shape index (κ3) is 3.55. The fraction of sp³-hybridized carbons (Fsp3) is 0.0588. The Morgan fingerprint density at radius 2 is 1.87 bits per heavy atom. The van der Waals surface area contributed by atoms with E-state index in [0.717, 1.165) is 11.1 Å². The van der Waals surface area contributed by atoms with Crippen LogP contribution in [0.4, 0.5) is 5.69 Å². The van der Waals surface area contributed by atoms with Gasteiger partial charge in [0.15, 0.2) is 0 Å². The van der Waals surface area contributed by atoms with Gasteiger partial charge in [0.1, 0.15) is 5.69 Å². The zero-order valence-corrected chi connectivity index (χ0v) is 13.7. The number of rotatable bonds is 3. The number of amides is 1. The average Bonchev–Trinajstić information content (AvgIpc) is 3.01. The summed E-state index contributed by atoms with van der Waals surface area (Å²) >= 11 is 11.9. The molecule has 2 N–H and O–H groups in total. The first-order valence-corrected chi connectivity index (χ1v) is 7.67. The minimum Gasteiger partial charge on any atom is -0.320 e. The molecule has 1 heterocycles. The molecule has 23 heavy (non-hydrogen) atoms. The van der Waals surface area contributed by atoms with Gasteiger partial charge in [-0.15, -0.1) is 0 Å². The van der Waals surface area contributed by atoms with Crippen molar-refractivity contribution in [2.24, 2.45) is 0 Å². The van der Waals surface area contributed by atoms with Gasteiger partial charge in [-0.25, -0.2) is 0 Å². The lowest BCUT2D eigenvalue weighted by Gasteiger charge is -2.07. The van der Waals surface area contributed by atoms with Crippen LogP contribution in [0.3, 0.4) is 0 Å². The third-order valence-corrected chi connectivity index (χ3v) is 3.86. The smallest absolute Gasteiger partial charge is 0.273 e. The Balaban J connectivity index is 1.82.